The van der Waals surface area contributed by atoms with Crippen LogP contribution in [0.2, 0.25) is 5.28 Å². The predicted molar refractivity (Wildman–Crippen MR) is 59.7 cm³/mol. The standard InChI is InChI=1S/C8H8ClN5S/c1-4-6(15-5(2)12-4)13-8-11-3-10-7(9)14-8/h3H,1-2H3,(H,10,11,13,14). The fourth-order valence-electron chi connectivity index (χ4n) is 1.09. The van der Waals surface area contributed by atoms with Crippen LogP contribution in [0.5, 0.6) is 0 Å². The summed E-state index contributed by atoms with van der Waals surface area (Å²) < 4.78 is 0. The summed E-state index contributed by atoms with van der Waals surface area (Å²) in [5.74, 6) is 0.432. The van der Waals surface area contributed by atoms with Crippen molar-refractivity contribution in [3.8, 4) is 0 Å². The quantitative estimate of drug-likeness (QED) is 0.874. The molecule has 0 bridgehead atoms. The lowest BCUT2D eigenvalue weighted by Crippen LogP contribution is -1.97. The molecule has 0 fully saturated rings. The molecule has 7 heteroatoms. The van der Waals surface area contributed by atoms with Crippen LogP contribution in [0.4, 0.5) is 10.9 Å². The van der Waals surface area contributed by atoms with Crippen molar-refractivity contribution < 1.29 is 0 Å². The van der Waals surface area contributed by atoms with Gasteiger partial charge >= 0.3 is 0 Å². The molecular formula is C8H8ClN5S. The van der Waals surface area contributed by atoms with Crippen LogP contribution < -0.4 is 5.32 Å². The van der Waals surface area contributed by atoms with Crippen molar-refractivity contribution in [2.24, 2.45) is 0 Å². The van der Waals surface area contributed by atoms with Crippen molar-refractivity contribution in [1.29, 1.82) is 0 Å². The number of anilines is 2. The van der Waals surface area contributed by atoms with Crippen LogP contribution >= 0.6 is 22.9 Å². The summed E-state index contributed by atoms with van der Waals surface area (Å²) in [7, 11) is 0. The van der Waals surface area contributed by atoms with Crippen molar-refractivity contribution in [2.45, 2.75) is 13.8 Å². The van der Waals surface area contributed by atoms with Gasteiger partial charge in [-0.1, -0.05) is 0 Å². The normalized spacial score (nSPS) is 10.3. The number of halogens is 1. The first-order valence-electron chi connectivity index (χ1n) is 4.21. The van der Waals surface area contributed by atoms with Crippen LogP contribution in [0.3, 0.4) is 0 Å². The van der Waals surface area contributed by atoms with Gasteiger partial charge in [0.1, 0.15) is 11.3 Å². The van der Waals surface area contributed by atoms with Gasteiger partial charge in [-0.2, -0.15) is 4.98 Å². The summed E-state index contributed by atoms with van der Waals surface area (Å²) in [5, 5.41) is 5.14. The number of nitrogens with one attached hydrogen (secondary N) is 1. The number of aromatic nitrogens is 4. The highest BCUT2D eigenvalue weighted by Crippen LogP contribution is 2.25. The first-order chi connectivity index (χ1) is 7.15. The number of hydrogen-bond acceptors (Lipinski definition) is 6. The number of nitrogens with zero attached hydrogens (tertiary/aromatic N) is 4. The Morgan fingerprint density at radius 2 is 2.07 bits per heavy atom. The van der Waals surface area contributed by atoms with Crippen molar-refractivity contribution in [3.05, 3.63) is 22.3 Å². The zero-order valence-corrected chi connectivity index (χ0v) is 9.72. The van der Waals surface area contributed by atoms with E-state index >= 15 is 0 Å². The topological polar surface area (TPSA) is 63.6 Å². The molecule has 0 unspecified atom stereocenters. The molecule has 2 aromatic heterocycles. The lowest BCUT2D eigenvalue weighted by molar-refractivity contribution is 1.05. The smallest absolute Gasteiger partial charge is 0.232 e. The van der Waals surface area contributed by atoms with Gasteiger partial charge in [0.25, 0.3) is 0 Å². The third kappa shape index (κ3) is 2.40. The summed E-state index contributed by atoms with van der Waals surface area (Å²) in [5.41, 5.74) is 0.925. The fraction of sp³-hybridized carbons (Fsp3) is 0.250. The third-order valence-corrected chi connectivity index (χ3v) is 2.84. The monoisotopic (exact) mass is 241 g/mol. The van der Waals surface area contributed by atoms with Crippen molar-refractivity contribution in [2.75, 3.05) is 5.32 Å². The van der Waals surface area contributed by atoms with Gasteiger partial charge in [-0.05, 0) is 25.4 Å². The maximum Gasteiger partial charge on any atom is 0.232 e. The summed E-state index contributed by atoms with van der Waals surface area (Å²) in [6.45, 7) is 3.87. The number of aryl methyl sites for hydroxylation is 2. The highest BCUT2D eigenvalue weighted by Gasteiger charge is 2.06. The molecule has 5 nitrogen and oxygen atoms in total. The molecule has 0 saturated carbocycles. The van der Waals surface area contributed by atoms with Crippen LogP contribution in [-0.2, 0) is 0 Å². The summed E-state index contributed by atoms with van der Waals surface area (Å²) in [4.78, 5) is 15.9. The minimum Gasteiger partial charge on any atom is -0.314 e. The predicted octanol–water partition coefficient (Wildman–Crippen LogP) is 2.34. The maximum atomic E-state index is 5.64. The molecule has 2 aromatic rings. The second kappa shape index (κ2) is 4.08. The minimum absolute atomic E-state index is 0.173. The zero-order valence-electron chi connectivity index (χ0n) is 8.15. The van der Waals surface area contributed by atoms with E-state index in [1.165, 1.54) is 6.33 Å². The van der Waals surface area contributed by atoms with E-state index in [2.05, 4.69) is 25.3 Å². The Labute approximate surface area is 95.6 Å². The van der Waals surface area contributed by atoms with E-state index in [0.717, 1.165) is 15.7 Å². The lowest BCUT2D eigenvalue weighted by atomic mass is 10.5. The first kappa shape index (κ1) is 10.3. The van der Waals surface area contributed by atoms with E-state index in [4.69, 9.17) is 11.6 Å². The van der Waals surface area contributed by atoms with E-state index < -0.39 is 0 Å². The Morgan fingerprint density at radius 3 is 2.67 bits per heavy atom. The molecular weight excluding hydrogens is 234 g/mol. The summed E-state index contributed by atoms with van der Waals surface area (Å²) in [6, 6.07) is 0. The fourth-order valence-corrected chi connectivity index (χ4v) is 2.02. The van der Waals surface area contributed by atoms with E-state index in [9.17, 15) is 0 Å². The Bertz CT molecular complexity index is 484. The largest absolute Gasteiger partial charge is 0.314 e. The van der Waals surface area contributed by atoms with Gasteiger partial charge in [0.15, 0.2) is 0 Å². The summed E-state index contributed by atoms with van der Waals surface area (Å²) in [6.07, 6.45) is 1.36. The van der Waals surface area contributed by atoms with E-state index in [1.54, 1.807) is 11.3 Å². The van der Waals surface area contributed by atoms with Crippen LogP contribution in [-0.4, -0.2) is 19.9 Å². The average Bonchev–Trinajstić information content (AvgIpc) is 2.45. The van der Waals surface area contributed by atoms with Gasteiger partial charge in [-0.15, -0.1) is 11.3 Å². The molecule has 0 spiro atoms. The Morgan fingerprint density at radius 1 is 1.27 bits per heavy atom. The maximum absolute atomic E-state index is 5.64. The second-order valence-electron chi connectivity index (χ2n) is 2.85. The van der Waals surface area contributed by atoms with Gasteiger partial charge in [-0.25, -0.2) is 15.0 Å². The summed E-state index contributed by atoms with van der Waals surface area (Å²) >= 11 is 7.19. The second-order valence-corrected chi connectivity index (χ2v) is 4.39. The Hall–Kier alpha value is -1.27. The third-order valence-electron chi connectivity index (χ3n) is 1.67. The molecule has 0 aliphatic heterocycles. The van der Waals surface area contributed by atoms with Crippen LogP contribution in [0, 0.1) is 13.8 Å². The van der Waals surface area contributed by atoms with Crippen molar-refractivity contribution >= 4 is 33.9 Å². The molecule has 0 radical (unpaired) electrons. The molecule has 0 aliphatic rings. The zero-order chi connectivity index (χ0) is 10.8. The van der Waals surface area contributed by atoms with Crippen molar-refractivity contribution in [1.82, 2.24) is 19.9 Å². The lowest BCUT2D eigenvalue weighted by Gasteiger charge is -2.00. The van der Waals surface area contributed by atoms with Gasteiger partial charge < -0.3 is 5.32 Å². The van der Waals surface area contributed by atoms with E-state index in [-0.39, 0.29) is 5.28 Å². The molecule has 0 amide bonds. The molecule has 2 heterocycles. The van der Waals surface area contributed by atoms with E-state index in [1.807, 2.05) is 13.8 Å². The Balaban J connectivity index is 2.25. The highest BCUT2D eigenvalue weighted by atomic mass is 35.5. The SMILES string of the molecule is Cc1nc(C)c(Nc2ncnc(Cl)n2)s1. The Kier molecular flexibility index (Phi) is 2.79. The van der Waals surface area contributed by atoms with Crippen LogP contribution in [0.15, 0.2) is 6.33 Å². The van der Waals surface area contributed by atoms with Crippen molar-refractivity contribution in [3.63, 3.8) is 0 Å². The highest BCUT2D eigenvalue weighted by molar-refractivity contribution is 7.15. The molecule has 0 aliphatic carbocycles. The van der Waals surface area contributed by atoms with Gasteiger partial charge in [0, 0.05) is 0 Å². The van der Waals surface area contributed by atoms with Gasteiger partial charge in [-0.3, -0.25) is 0 Å². The molecule has 0 atom stereocenters. The number of hydrogen-bond donors (Lipinski definition) is 1. The van der Waals surface area contributed by atoms with Gasteiger partial charge in [0.05, 0.1) is 10.7 Å². The minimum atomic E-state index is 0.173. The first-order valence-corrected chi connectivity index (χ1v) is 5.40. The molecule has 0 aromatic carbocycles. The molecule has 1 N–H and O–H groups in total. The average molecular weight is 242 g/mol. The van der Waals surface area contributed by atoms with E-state index in [0.29, 0.717) is 5.95 Å². The molecule has 15 heavy (non-hydrogen) atoms. The number of rotatable bonds is 2. The van der Waals surface area contributed by atoms with Crippen LogP contribution in [0.25, 0.3) is 0 Å². The van der Waals surface area contributed by atoms with Gasteiger partial charge in [0.2, 0.25) is 11.2 Å². The molecule has 78 valence electrons. The molecule has 0 saturated heterocycles. The van der Waals surface area contributed by atoms with Crippen LogP contribution in [0.1, 0.15) is 10.7 Å². The molecule has 2 rings (SSSR count). The number of thiazole rings is 1.